The Balaban J connectivity index is 2.69. The molecule has 0 spiro atoms. The van der Waals surface area contributed by atoms with Crippen LogP contribution in [0.25, 0.3) is 0 Å². The molecule has 0 bridgehead atoms. The van der Waals surface area contributed by atoms with Gasteiger partial charge in [0.1, 0.15) is 0 Å². The number of methoxy groups -OCH3 is 2. The number of nitrogens with zero attached hydrogens (tertiary/aromatic N) is 1. The fraction of sp³-hybridized carbons (Fsp3) is 0.500. The van der Waals surface area contributed by atoms with Crippen molar-refractivity contribution in [1.29, 1.82) is 0 Å². The summed E-state index contributed by atoms with van der Waals surface area (Å²) in [4.78, 5) is 23.7. The predicted molar refractivity (Wildman–Crippen MR) is 67.9 cm³/mol. The average Bonchev–Trinajstić information content (AvgIpc) is 2.87. The highest BCUT2D eigenvalue weighted by atomic mass is 32.2. The smallest absolute Gasteiger partial charge is 0.340 e. The summed E-state index contributed by atoms with van der Waals surface area (Å²) in [6.45, 7) is 3.86. The zero-order valence-electron chi connectivity index (χ0n) is 10.8. The third kappa shape index (κ3) is 1.71. The minimum absolute atomic E-state index is 0.210. The highest BCUT2D eigenvalue weighted by Crippen LogP contribution is 2.41. The molecule has 0 radical (unpaired) electrons. The van der Waals surface area contributed by atoms with E-state index in [0.29, 0.717) is 16.9 Å². The summed E-state index contributed by atoms with van der Waals surface area (Å²) in [6, 6.07) is 0. The quantitative estimate of drug-likeness (QED) is 0.770. The highest BCUT2D eigenvalue weighted by Gasteiger charge is 2.35. The maximum atomic E-state index is 11.9. The first kappa shape index (κ1) is 13.0. The summed E-state index contributed by atoms with van der Waals surface area (Å²) in [7, 11) is 2.62. The predicted octanol–water partition coefficient (Wildman–Crippen LogP) is 2.14. The lowest BCUT2D eigenvalue weighted by Gasteiger charge is -2.09. The van der Waals surface area contributed by atoms with Crippen molar-refractivity contribution in [3.63, 3.8) is 0 Å². The molecule has 98 valence electrons. The molecule has 1 aliphatic rings. The molecular weight excluding hydrogens is 254 g/mol. The fourth-order valence-corrected chi connectivity index (χ4v) is 3.47. The summed E-state index contributed by atoms with van der Waals surface area (Å²) in [5.41, 5.74) is 2.28. The molecule has 0 aromatic carbocycles. The molecular formula is C12H15NO4S. The van der Waals surface area contributed by atoms with Crippen molar-refractivity contribution in [3.8, 4) is 0 Å². The van der Waals surface area contributed by atoms with Crippen molar-refractivity contribution in [2.75, 3.05) is 14.2 Å². The molecule has 2 heterocycles. The largest absolute Gasteiger partial charge is 0.465 e. The molecule has 1 aromatic rings. The number of rotatable bonds is 2. The zero-order valence-corrected chi connectivity index (χ0v) is 11.6. The van der Waals surface area contributed by atoms with Gasteiger partial charge in [-0.1, -0.05) is 0 Å². The lowest BCUT2D eigenvalue weighted by Crippen LogP contribution is -2.12. The molecule has 6 heteroatoms. The number of fused-ring (bicyclic) bond motifs is 1. The van der Waals surface area contributed by atoms with E-state index >= 15 is 0 Å². The Morgan fingerprint density at radius 2 is 1.78 bits per heavy atom. The number of aromatic nitrogens is 1. The van der Waals surface area contributed by atoms with Crippen LogP contribution in [0, 0.1) is 6.92 Å². The van der Waals surface area contributed by atoms with Crippen LogP contribution in [0.4, 0.5) is 0 Å². The van der Waals surface area contributed by atoms with Crippen molar-refractivity contribution >= 4 is 23.7 Å². The van der Waals surface area contributed by atoms with Crippen LogP contribution in [-0.2, 0) is 15.2 Å². The SMILES string of the molecule is COC(=O)c1c(C(=O)OC)c2n(c1C)[C@H](C)SC2. The van der Waals surface area contributed by atoms with E-state index in [1.54, 1.807) is 11.8 Å². The van der Waals surface area contributed by atoms with Crippen LogP contribution in [0.3, 0.4) is 0 Å². The summed E-state index contributed by atoms with van der Waals surface area (Å²) in [5.74, 6) is -0.280. The van der Waals surface area contributed by atoms with E-state index in [1.165, 1.54) is 14.2 Å². The van der Waals surface area contributed by atoms with Crippen molar-refractivity contribution in [2.24, 2.45) is 0 Å². The van der Waals surface area contributed by atoms with Gasteiger partial charge in [-0.05, 0) is 13.8 Å². The summed E-state index contributed by atoms with van der Waals surface area (Å²) in [6.07, 6.45) is 0. The summed E-state index contributed by atoms with van der Waals surface area (Å²) in [5, 5.41) is 0.210. The maximum Gasteiger partial charge on any atom is 0.340 e. The van der Waals surface area contributed by atoms with Gasteiger partial charge < -0.3 is 14.0 Å². The monoisotopic (exact) mass is 269 g/mol. The Hall–Kier alpha value is -1.43. The van der Waals surface area contributed by atoms with Crippen LogP contribution >= 0.6 is 11.8 Å². The second kappa shape index (κ2) is 4.68. The van der Waals surface area contributed by atoms with Gasteiger partial charge in [0.25, 0.3) is 0 Å². The number of ether oxygens (including phenoxy) is 2. The number of hydrogen-bond donors (Lipinski definition) is 0. The zero-order chi connectivity index (χ0) is 13.4. The number of carbonyl (C=O) groups excluding carboxylic acids is 2. The molecule has 0 amide bonds. The molecule has 0 unspecified atom stereocenters. The highest BCUT2D eigenvalue weighted by molar-refractivity contribution is 7.98. The molecule has 0 saturated carbocycles. The minimum atomic E-state index is -0.494. The van der Waals surface area contributed by atoms with Crippen LogP contribution in [0.1, 0.15) is 44.4 Å². The Labute approximate surface area is 109 Å². The van der Waals surface area contributed by atoms with Gasteiger partial charge >= 0.3 is 11.9 Å². The normalized spacial score (nSPS) is 17.4. The molecule has 0 saturated heterocycles. The van der Waals surface area contributed by atoms with Crippen molar-refractivity contribution < 1.29 is 19.1 Å². The molecule has 18 heavy (non-hydrogen) atoms. The lowest BCUT2D eigenvalue weighted by atomic mass is 10.1. The molecule has 5 nitrogen and oxygen atoms in total. The van der Waals surface area contributed by atoms with Gasteiger partial charge in [0.05, 0.1) is 30.7 Å². The van der Waals surface area contributed by atoms with Crippen LogP contribution in [0.2, 0.25) is 0 Å². The Kier molecular flexibility index (Phi) is 3.38. The molecule has 2 rings (SSSR count). The average molecular weight is 269 g/mol. The Bertz CT molecular complexity index is 521. The van der Waals surface area contributed by atoms with Gasteiger partial charge in [0.15, 0.2) is 0 Å². The van der Waals surface area contributed by atoms with Gasteiger partial charge in [-0.3, -0.25) is 0 Å². The topological polar surface area (TPSA) is 57.5 Å². The molecule has 1 aromatic heterocycles. The van der Waals surface area contributed by atoms with Gasteiger partial charge in [-0.15, -0.1) is 11.8 Å². The third-order valence-electron chi connectivity index (χ3n) is 3.16. The second-order valence-corrected chi connectivity index (χ2v) is 5.35. The summed E-state index contributed by atoms with van der Waals surface area (Å²) < 4.78 is 11.5. The van der Waals surface area contributed by atoms with Crippen molar-refractivity contribution in [1.82, 2.24) is 4.57 Å². The number of carbonyl (C=O) groups is 2. The van der Waals surface area contributed by atoms with Crippen LogP contribution in [0.15, 0.2) is 0 Å². The number of thioether (sulfide) groups is 1. The van der Waals surface area contributed by atoms with Gasteiger partial charge in [0, 0.05) is 17.1 Å². The third-order valence-corrected chi connectivity index (χ3v) is 4.29. The molecule has 0 N–H and O–H groups in total. The van der Waals surface area contributed by atoms with E-state index in [9.17, 15) is 9.59 Å². The van der Waals surface area contributed by atoms with E-state index in [2.05, 4.69) is 0 Å². The van der Waals surface area contributed by atoms with Gasteiger partial charge in [0.2, 0.25) is 0 Å². The number of hydrogen-bond acceptors (Lipinski definition) is 5. The van der Waals surface area contributed by atoms with Crippen molar-refractivity contribution in [3.05, 3.63) is 22.5 Å². The number of esters is 2. The van der Waals surface area contributed by atoms with Crippen LogP contribution < -0.4 is 0 Å². The molecule has 1 aliphatic heterocycles. The molecule has 0 aliphatic carbocycles. The molecule has 0 fully saturated rings. The van der Waals surface area contributed by atoms with Crippen molar-refractivity contribution in [2.45, 2.75) is 25.0 Å². The van der Waals surface area contributed by atoms with E-state index in [4.69, 9.17) is 9.47 Å². The van der Waals surface area contributed by atoms with E-state index in [-0.39, 0.29) is 5.37 Å². The van der Waals surface area contributed by atoms with E-state index in [0.717, 1.165) is 11.4 Å². The lowest BCUT2D eigenvalue weighted by molar-refractivity contribution is 0.0555. The fourth-order valence-electron chi connectivity index (χ4n) is 2.35. The van der Waals surface area contributed by atoms with Crippen LogP contribution in [0.5, 0.6) is 0 Å². The van der Waals surface area contributed by atoms with Gasteiger partial charge in [-0.2, -0.15) is 0 Å². The van der Waals surface area contributed by atoms with Gasteiger partial charge in [-0.25, -0.2) is 9.59 Å². The molecule has 1 atom stereocenters. The van der Waals surface area contributed by atoms with E-state index in [1.807, 2.05) is 18.4 Å². The van der Waals surface area contributed by atoms with Crippen LogP contribution in [-0.4, -0.2) is 30.7 Å². The minimum Gasteiger partial charge on any atom is -0.465 e. The first-order valence-corrected chi connectivity index (χ1v) is 6.59. The summed E-state index contributed by atoms with van der Waals surface area (Å²) >= 11 is 1.72. The second-order valence-electron chi connectivity index (χ2n) is 4.05. The maximum absolute atomic E-state index is 11.9. The van der Waals surface area contributed by atoms with E-state index < -0.39 is 11.9 Å². The Morgan fingerprint density at radius 3 is 2.33 bits per heavy atom. The first-order chi connectivity index (χ1) is 8.52. The Morgan fingerprint density at radius 1 is 1.22 bits per heavy atom. The first-order valence-electron chi connectivity index (χ1n) is 5.54. The standard InChI is InChI=1S/C12H15NO4S/c1-6-9(11(14)16-3)10(12(15)17-4)8-5-18-7(2)13(6)8/h7H,5H2,1-4H3/t7-/m0/s1.